The second-order valence-corrected chi connectivity index (χ2v) is 9.50. The van der Waals surface area contributed by atoms with Gasteiger partial charge >= 0.3 is 0 Å². The Balaban J connectivity index is 1.85. The predicted molar refractivity (Wildman–Crippen MR) is 92.6 cm³/mol. The number of hydrogen-bond donors (Lipinski definition) is 1. The zero-order valence-electron chi connectivity index (χ0n) is 12.8. The van der Waals surface area contributed by atoms with E-state index in [4.69, 9.17) is 16.3 Å². The van der Waals surface area contributed by atoms with E-state index in [2.05, 4.69) is 4.72 Å². The summed E-state index contributed by atoms with van der Waals surface area (Å²) in [6.07, 6.45) is 1.26. The summed E-state index contributed by atoms with van der Waals surface area (Å²) >= 11 is 6.83. The van der Waals surface area contributed by atoms with Gasteiger partial charge in [-0.1, -0.05) is 23.7 Å². The minimum Gasteiger partial charge on any atom is -0.381 e. The number of ether oxygens (including phenoxy) is 1. The highest BCUT2D eigenvalue weighted by molar-refractivity contribution is 7.91. The van der Waals surface area contributed by atoms with Crippen molar-refractivity contribution in [3.63, 3.8) is 0 Å². The second-order valence-electron chi connectivity index (χ2n) is 5.79. The van der Waals surface area contributed by atoms with Gasteiger partial charge in [-0.15, -0.1) is 11.3 Å². The van der Waals surface area contributed by atoms with E-state index in [0.717, 1.165) is 16.9 Å². The summed E-state index contributed by atoms with van der Waals surface area (Å²) in [5, 5.41) is 0. The van der Waals surface area contributed by atoms with Crippen LogP contribution in [0.5, 0.6) is 0 Å². The first-order valence-corrected chi connectivity index (χ1v) is 10.2. The normalized spacial score (nSPS) is 17.8. The Labute approximate surface area is 149 Å². The van der Waals surface area contributed by atoms with E-state index >= 15 is 0 Å². The molecule has 0 spiro atoms. The Bertz CT molecular complexity index is 816. The minimum absolute atomic E-state index is 0.175. The SMILES string of the molecule is O=S(=O)(NCC1(c2cccc(F)c2)CCOCC1)c1ccc(Cl)s1. The fraction of sp³-hybridized carbons (Fsp3) is 0.375. The van der Waals surface area contributed by atoms with Crippen LogP contribution in [-0.2, 0) is 20.2 Å². The summed E-state index contributed by atoms with van der Waals surface area (Å²) in [5.41, 5.74) is 0.312. The maximum absolute atomic E-state index is 13.7. The summed E-state index contributed by atoms with van der Waals surface area (Å²) in [6.45, 7) is 1.23. The summed E-state index contributed by atoms with van der Waals surface area (Å²) < 4.78 is 47.2. The van der Waals surface area contributed by atoms with Crippen LogP contribution in [0.15, 0.2) is 40.6 Å². The van der Waals surface area contributed by atoms with Crippen LogP contribution in [0.4, 0.5) is 4.39 Å². The number of nitrogens with one attached hydrogen (secondary N) is 1. The molecule has 24 heavy (non-hydrogen) atoms. The smallest absolute Gasteiger partial charge is 0.250 e. The van der Waals surface area contributed by atoms with Gasteiger partial charge in [0.15, 0.2) is 0 Å². The van der Waals surface area contributed by atoms with Crippen molar-refractivity contribution in [3.05, 3.63) is 52.1 Å². The maximum atomic E-state index is 13.7. The van der Waals surface area contributed by atoms with E-state index in [9.17, 15) is 12.8 Å². The number of sulfonamides is 1. The lowest BCUT2D eigenvalue weighted by molar-refractivity contribution is 0.0516. The molecule has 2 heterocycles. The van der Waals surface area contributed by atoms with Crippen molar-refractivity contribution in [3.8, 4) is 0 Å². The molecule has 1 aromatic carbocycles. The van der Waals surface area contributed by atoms with Crippen LogP contribution < -0.4 is 4.72 Å². The van der Waals surface area contributed by atoms with E-state index in [1.165, 1.54) is 18.2 Å². The largest absolute Gasteiger partial charge is 0.381 e. The van der Waals surface area contributed by atoms with E-state index in [1.807, 2.05) is 6.07 Å². The van der Waals surface area contributed by atoms with Crippen LogP contribution in [0.1, 0.15) is 18.4 Å². The monoisotopic (exact) mass is 389 g/mol. The Kier molecular flexibility index (Phi) is 5.27. The van der Waals surface area contributed by atoms with Gasteiger partial charge in [-0.3, -0.25) is 0 Å². The van der Waals surface area contributed by atoms with Crippen molar-refractivity contribution >= 4 is 33.0 Å². The van der Waals surface area contributed by atoms with Gasteiger partial charge in [0.1, 0.15) is 10.0 Å². The van der Waals surface area contributed by atoms with Gasteiger partial charge in [0.2, 0.25) is 10.0 Å². The van der Waals surface area contributed by atoms with Crippen LogP contribution in [0.3, 0.4) is 0 Å². The summed E-state index contributed by atoms with van der Waals surface area (Å²) in [5.74, 6) is -0.328. The molecule has 1 N–H and O–H groups in total. The fourth-order valence-electron chi connectivity index (χ4n) is 2.89. The molecular weight excluding hydrogens is 373 g/mol. The van der Waals surface area contributed by atoms with Crippen LogP contribution >= 0.6 is 22.9 Å². The van der Waals surface area contributed by atoms with Crippen molar-refractivity contribution in [1.29, 1.82) is 0 Å². The molecule has 130 valence electrons. The Morgan fingerprint density at radius 1 is 1.25 bits per heavy atom. The Morgan fingerprint density at radius 3 is 2.62 bits per heavy atom. The van der Waals surface area contributed by atoms with Gasteiger partial charge in [-0.2, -0.15) is 0 Å². The maximum Gasteiger partial charge on any atom is 0.250 e. The first-order valence-electron chi connectivity index (χ1n) is 7.50. The van der Waals surface area contributed by atoms with Gasteiger partial charge in [-0.05, 0) is 42.7 Å². The lowest BCUT2D eigenvalue weighted by Gasteiger charge is -2.37. The highest BCUT2D eigenvalue weighted by atomic mass is 35.5. The standard InChI is InChI=1S/C16H17ClFNO3S2/c17-14-4-5-15(23-14)24(20,21)19-11-16(6-8-22-9-7-16)12-2-1-3-13(18)10-12/h1-5,10,19H,6-9,11H2. The third kappa shape index (κ3) is 3.81. The van der Waals surface area contributed by atoms with Gasteiger partial charge < -0.3 is 4.74 Å². The molecule has 0 atom stereocenters. The average Bonchev–Trinajstić information content (AvgIpc) is 3.01. The van der Waals surface area contributed by atoms with Gasteiger partial charge in [0.25, 0.3) is 0 Å². The van der Waals surface area contributed by atoms with Crippen LogP contribution in [0.25, 0.3) is 0 Å². The van der Waals surface area contributed by atoms with E-state index < -0.39 is 15.4 Å². The molecule has 4 nitrogen and oxygen atoms in total. The van der Waals surface area contributed by atoms with Crippen molar-refractivity contribution in [2.24, 2.45) is 0 Å². The lowest BCUT2D eigenvalue weighted by atomic mass is 9.74. The average molecular weight is 390 g/mol. The van der Waals surface area contributed by atoms with Crippen LogP contribution in [0.2, 0.25) is 4.34 Å². The molecule has 0 unspecified atom stereocenters. The highest BCUT2D eigenvalue weighted by Gasteiger charge is 2.36. The first kappa shape index (κ1) is 17.8. The number of hydrogen-bond acceptors (Lipinski definition) is 4. The molecule has 8 heteroatoms. The zero-order chi connectivity index (χ0) is 17.2. The quantitative estimate of drug-likeness (QED) is 0.850. The lowest BCUT2D eigenvalue weighted by Crippen LogP contribution is -2.44. The molecule has 2 aromatic rings. The van der Waals surface area contributed by atoms with E-state index in [-0.39, 0.29) is 16.6 Å². The van der Waals surface area contributed by atoms with Gasteiger partial charge in [0, 0.05) is 25.2 Å². The summed E-state index contributed by atoms with van der Waals surface area (Å²) in [7, 11) is -3.65. The topological polar surface area (TPSA) is 55.4 Å². The first-order chi connectivity index (χ1) is 11.4. The minimum atomic E-state index is -3.65. The van der Waals surface area contributed by atoms with Gasteiger partial charge in [0.05, 0.1) is 4.34 Å². The molecule has 1 saturated heterocycles. The molecule has 3 rings (SSSR count). The van der Waals surface area contributed by atoms with Crippen molar-refractivity contribution < 1.29 is 17.5 Å². The molecule has 0 aliphatic carbocycles. The third-order valence-corrected chi connectivity index (χ3v) is 7.43. The molecule has 1 aromatic heterocycles. The second kappa shape index (κ2) is 7.09. The molecule has 0 radical (unpaired) electrons. The molecule has 0 amide bonds. The van der Waals surface area contributed by atoms with Crippen molar-refractivity contribution in [2.45, 2.75) is 22.5 Å². The summed E-state index contributed by atoms with van der Waals surface area (Å²) in [4.78, 5) is 0. The van der Waals surface area contributed by atoms with Crippen molar-refractivity contribution in [2.75, 3.05) is 19.8 Å². The highest BCUT2D eigenvalue weighted by Crippen LogP contribution is 2.35. The molecule has 1 fully saturated rings. The fourth-order valence-corrected chi connectivity index (χ4v) is 5.55. The Morgan fingerprint density at radius 2 is 2.00 bits per heavy atom. The number of rotatable bonds is 5. The Hall–Kier alpha value is -0.990. The van der Waals surface area contributed by atoms with Crippen molar-refractivity contribution in [1.82, 2.24) is 4.72 Å². The zero-order valence-corrected chi connectivity index (χ0v) is 15.2. The molecule has 1 aliphatic rings. The predicted octanol–water partition coefficient (Wildman–Crippen LogP) is 3.57. The number of thiophene rings is 1. The number of halogens is 2. The van der Waals surface area contributed by atoms with Crippen LogP contribution in [-0.4, -0.2) is 28.2 Å². The molecular formula is C16H17ClFNO3S2. The van der Waals surface area contributed by atoms with Crippen LogP contribution in [0, 0.1) is 5.82 Å². The molecule has 0 bridgehead atoms. The number of benzene rings is 1. The van der Waals surface area contributed by atoms with Gasteiger partial charge in [-0.25, -0.2) is 17.5 Å². The molecule has 0 saturated carbocycles. The third-order valence-electron chi connectivity index (χ3n) is 4.30. The molecule has 1 aliphatic heterocycles. The van der Waals surface area contributed by atoms with E-state index in [0.29, 0.717) is 30.4 Å². The summed E-state index contributed by atoms with van der Waals surface area (Å²) in [6, 6.07) is 9.38. The van der Waals surface area contributed by atoms with E-state index in [1.54, 1.807) is 12.1 Å².